The lowest BCUT2D eigenvalue weighted by molar-refractivity contribution is 0.0636. The first-order valence-electron chi connectivity index (χ1n) is 7.21. The molecule has 114 valence electrons. The van der Waals surface area contributed by atoms with Gasteiger partial charge < -0.3 is 25.0 Å². The summed E-state index contributed by atoms with van der Waals surface area (Å²) in [6, 6.07) is 3.76. The average molecular weight is 291 g/mol. The molecule has 1 atom stereocenters. The molecule has 2 N–H and O–H groups in total. The molecule has 6 nitrogen and oxygen atoms in total. The van der Waals surface area contributed by atoms with E-state index in [1.165, 1.54) is 0 Å². The first-order valence-corrected chi connectivity index (χ1v) is 7.21. The predicted octanol–water partition coefficient (Wildman–Crippen LogP) is 1.16. The first-order chi connectivity index (χ1) is 10.1. The summed E-state index contributed by atoms with van der Waals surface area (Å²) in [4.78, 5) is 16.8. The molecule has 1 unspecified atom stereocenters. The molecule has 2 aliphatic heterocycles. The molecule has 1 fully saturated rings. The number of nitrogen functional groups attached to an aromatic ring is 1. The number of rotatable bonds is 2. The molecule has 3 rings (SSSR count). The van der Waals surface area contributed by atoms with Gasteiger partial charge in [-0.15, -0.1) is 0 Å². The number of nitrogens with zero attached hydrogens (tertiary/aromatic N) is 2. The second kappa shape index (κ2) is 5.44. The second-order valence-corrected chi connectivity index (χ2v) is 5.80. The summed E-state index contributed by atoms with van der Waals surface area (Å²) in [7, 11) is 4.10. The number of likely N-dealkylation sites (tertiary alicyclic amines) is 1. The van der Waals surface area contributed by atoms with Gasteiger partial charge in [-0.2, -0.15) is 0 Å². The molecule has 0 spiro atoms. The first kappa shape index (κ1) is 14.0. The van der Waals surface area contributed by atoms with Crippen molar-refractivity contribution in [2.75, 3.05) is 39.7 Å². The minimum Gasteiger partial charge on any atom is -0.454 e. The SMILES string of the molecule is CN(C)C1CCCN(C(=O)c2cc3c(cc2N)OCO3)C1. The number of piperidine rings is 1. The maximum absolute atomic E-state index is 12.7. The van der Waals surface area contributed by atoms with Crippen molar-refractivity contribution >= 4 is 11.6 Å². The van der Waals surface area contributed by atoms with Gasteiger partial charge in [-0.05, 0) is 33.0 Å². The highest BCUT2D eigenvalue weighted by molar-refractivity contribution is 6.00. The van der Waals surface area contributed by atoms with Crippen molar-refractivity contribution in [3.05, 3.63) is 17.7 Å². The van der Waals surface area contributed by atoms with Crippen LogP contribution < -0.4 is 15.2 Å². The Bertz CT molecular complexity index is 559. The molecule has 0 bridgehead atoms. The number of carbonyl (C=O) groups excluding carboxylic acids is 1. The maximum atomic E-state index is 12.7. The van der Waals surface area contributed by atoms with Crippen LogP contribution in [0.15, 0.2) is 12.1 Å². The molecule has 1 aromatic rings. The standard InChI is InChI=1S/C15H21N3O3/c1-17(2)10-4-3-5-18(8-10)15(19)11-6-13-14(7-12(11)16)21-9-20-13/h6-7,10H,3-5,8-9,16H2,1-2H3. The van der Waals surface area contributed by atoms with Crippen molar-refractivity contribution in [3.8, 4) is 11.5 Å². The molecule has 1 saturated heterocycles. The quantitative estimate of drug-likeness (QED) is 0.828. The third-order valence-electron chi connectivity index (χ3n) is 4.19. The van der Waals surface area contributed by atoms with Gasteiger partial charge in [0, 0.05) is 30.9 Å². The number of hydrogen-bond acceptors (Lipinski definition) is 5. The third-order valence-corrected chi connectivity index (χ3v) is 4.19. The summed E-state index contributed by atoms with van der Waals surface area (Å²) in [5.74, 6) is 1.17. The van der Waals surface area contributed by atoms with Crippen LogP contribution in [0.4, 0.5) is 5.69 Å². The molecule has 0 aromatic heterocycles. The van der Waals surface area contributed by atoms with Crippen LogP contribution in [0.1, 0.15) is 23.2 Å². The number of hydrogen-bond donors (Lipinski definition) is 1. The number of anilines is 1. The maximum Gasteiger partial charge on any atom is 0.256 e. The van der Waals surface area contributed by atoms with E-state index in [0.29, 0.717) is 28.8 Å². The number of benzene rings is 1. The monoisotopic (exact) mass is 291 g/mol. The lowest BCUT2D eigenvalue weighted by Crippen LogP contribution is -2.47. The molecular weight excluding hydrogens is 270 g/mol. The van der Waals surface area contributed by atoms with Gasteiger partial charge in [-0.3, -0.25) is 4.79 Å². The largest absolute Gasteiger partial charge is 0.454 e. The Hall–Kier alpha value is -1.95. The van der Waals surface area contributed by atoms with Crippen LogP contribution in [0.25, 0.3) is 0 Å². The number of nitrogens with two attached hydrogens (primary N) is 1. The molecule has 2 heterocycles. The Morgan fingerprint density at radius 2 is 2.05 bits per heavy atom. The van der Waals surface area contributed by atoms with Crippen LogP contribution >= 0.6 is 0 Å². The second-order valence-electron chi connectivity index (χ2n) is 5.80. The zero-order chi connectivity index (χ0) is 15.0. The average Bonchev–Trinajstić information content (AvgIpc) is 2.92. The summed E-state index contributed by atoms with van der Waals surface area (Å²) in [6.07, 6.45) is 2.13. The van der Waals surface area contributed by atoms with E-state index in [0.717, 1.165) is 25.9 Å². The molecule has 0 radical (unpaired) electrons. The van der Waals surface area contributed by atoms with Crippen LogP contribution in [0.3, 0.4) is 0 Å². The van der Waals surface area contributed by atoms with Gasteiger partial charge in [0.25, 0.3) is 5.91 Å². The Kier molecular flexibility index (Phi) is 3.63. The highest BCUT2D eigenvalue weighted by atomic mass is 16.7. The van der Waals surface area contributed by atoms with Gasteiger partial charge in [0.2, 0.25) is 6.79 Å². The minimum absolute atomic E-state index is 0.0302. The molecule has 2 aliphatic rings. The van der Waals surface area contributed by atoms with Crippen molar-refractivity contribution in [3.63, 3.8) is 0 Å². The fourth-order valence-electron chi connectivity index (χ4n) is 2.87. The lowest BCUT2D eigenvalue weighted by atomic mass is 10.0. The van der Waals surface area contributed by atoms with Crippen LogP contribution in [-0.2, 0) is 0 Å². The van der Waals surface area contributed by atoms with Crippen molar-refractivity contribution in [1.82, 2.24) is 9.80 Å². The van der Waals surface area contributed by atoms with Crippen LogP contribution in [0.2, 0.25) is 0 Å². The van der Waals surface area contributed by atoms with E-state index < -0.39 is 0 Å². The van der Waals surface area contributed by atoms with Crippen molar-refractivity contribution in [2.24, 2.45) is 0 Å². The summed E-state index contributed by atoms with van der Waals surface area (Å²) >= 11 is 0. The molecular formula is C15H21N3O3. The topological polar surface area (TPSA) is 68.0 Å². The number of fused-ring (bicyclic) bond motifs is 1. The predicted molar refractivity (Wildman–Crippen MR) is 79.6 cm³/mol. The van der Waals surface area contributed by atoms with E-state index in [4.69, 9.17) is 15.2 Å². The van der Waals surface area contributed by atoms with E-state index in [1.807, 2.05) is 19.0 Å². The number of amides is 1. The number of carbonyl (C=O) groups is 1. The zero-order valence-electron chi connectivity index (χ0n) is 12.5. The van der Waals surface area contributed by atoms with Crippen LogP contribution in [0.5, 0.6) is 11.5 Å². The summed E-state index contributed by atoms with van der Waals surface area (Å²) in [5, 5.41) is 0. The van der Waals surface area contributed by atoms with Gasteiger partial charge >= 0.3 is 0 Å². The number of likely N-dealkylation sites (N-methyl/N-ethyl adjacent to an activating group) is 1. The van der Waals surface area contributed by atoms with Crippen LogP contribution in [0, 0.1) is 0 Å². The smallest absolute Gasteiger partial charge is 0.256 e. The van der Waals surface area contributed by atoms with Gasteiger partial charge in [0.05, 0.1) is 5.56 Å². The molecule has 6 heteroatoms. The number of ether oxygens (including phenoxy) is 2. The fraction of sp³-hybridized carbons (Fsp3) is 0.533. The Labute approximate surface area is 124 Å². The molecule has 21 heavy (non-hydrogen) atoms. The summed E-state index contributed by atoms with van der Waals surface area (Å²) in [5.41, 5.74) is 6.94. The van der Waals surface area contributed by atoms with E-state index in [-0.39, 0.29) is 12.7 Å². The van der Waals surface area contributed by atoms with Gasteiger partial charge in [0.15, 0.2) is 11.5 Å². The third kappa shape index (κ3) is 2.63. The molecule has 0 saturated carbocycles. The van der Waals surface area contributed by atoms with E-state index in [9.17, 15) is 4.79 Å². The Morgan fingerprint density at radius 1 is 1.33 bits per heavy atom. The van der Waals surface area contributed by atoms with Gasteiger partial charge in [-0.25, -0.2) is 0 Å². The van der Waals surface area contributed by atoms with Crippen molar-refractivity contribution < 1.29 is 14.3 Å². The Balaban J connectivity index is 1.82. The van der Waals surface area contributed by atoms with E-state index in [1.54, 1.807) is 12.1 Å². The minimum atomic E-state index is -0.0302. The van der Waals surface area contributed by atoms with Gasteiger partial charge in [0.1, 0.15) is 0 Å². The zero-order valence-corrected chi connectivity index (χ0v) is 12.5. The normalized spacial score (nSPS) is 20.9. The summed E-state index contributed by atoms with van der Waals surface area (Å²) in [6.45, 7) is 1.69. The molecule has 1 amide bonds. The molecule has 1 aromatic carbocycles. The van der Waals surface area contributed by atoms with E-state index in [2.05, 4.69) is 4.90 Å². The van der Waals surface area contributed by atoms with Crippen LogP contribution in [-0.4, -0.2) is 55.7 Å². The van der Waals surface area contributed by atoms with Crippen molar-refractivity contribution in [1.29, 1.82) is 0 Å². The Morgan fingerprint density at radius 3 is 2.76 bits per heavy atom. The van der Waals surface area contributed by atoms with Crippen molar-refractivity contribution in [2.45, 2.75) is 18.9 Å². The van der Waals surface area contributed by atoms with Gasteiger partial charge in [-0.1, -0.05) is 0 Å². The lowest BCUT2D eigenvalue weighted by Gasteiger charge is -2.36. The molecule has 0 aliphatic carbocycles. The van der Waals surface area contributed by atoms with E-state index >= 15 is 0 Å². The highest BCUT2D eigenvalue weighted by Crippen LogP contribution is 2.36. The highest BCUT2D eigenvalue weighted by Gasteiger charge is 2.28. The summed E-state index contributed by atoms with van der Waals surface area (Å²) < 4.78 is 10.6. The fourth-order valence-corrected chi connectivity index (χ4v) is 2.87.